The normalized spacial score (nSPS) is 16.6. The quantitative estimate of drug-likeness (QED) is 0.675. The summed E-state index contributed by atoms with van der Waals surface area (Å²) >= 11 is 0. The monoisotopic (exact) mass is 409 g/mol. The van der Waals surface area contributed by atoms with Crippen molar-refractivity contribution in [2.45, 2.75) is 20.8 Å². The van der Waals surface area contributed by atoms with Gasteiger partial charge in [-0.05, 0) is 49.0 Å². The minimum absolute atomic E-state index is 0.134. The van der Waals surface area contributed by atoms with Crippen LogP contribution in [-0.4, -0.2) is 48.2 Å². The Morgan fingerprint density at radius 2 is 1.90 bits per heavy atom. The van der Waals surface area contributed by atoms with E-state index in [2.05, 4.69) is 20.5 Å². The van der Waals surface area contributed by atoms with E-state index in [-0.39, 0.29) is 17.4 Å². The molecular formula is C23H28FN5O. The Hall–Kier alpha value is -3.06. The maximum Gasteiger partial charge on any atom is 0.230 e. The second kappa shape index (κ2) is 8.75. The number of piperazine rings is 1. The molecule has 2 aromatic rings. The number of likely N-dealkylation sites (N-methyl/N-ethyl adjacent to an activating group) is 1. The van der Waals surface area contributed by atoms with E-state index < -0.39 is 5.41 Å². The van der Waals surface area contributed by atoms with Gasteiger partial charge in [-0.25, -0.2) is 9.37 Å². The lowest BCUT2D eigenvalue weighted by atomic mass is 9.93. The van der Waals surface area contributed by atoms with Crippen molar-refractivity contribution in [3.63, 3.8) is 0 Å². The van der Waals surface area contributed by atoms with Crippen molar-refractivity contribution in [3.05, 3.63) is 65.2 Å². The lowest BCUT2D eigenvalue weighted by Gasteiger charge is -2.29. The fourth-order valence-corrected chi connectivity index (χ4v) is 3.16. The molecule has 3 rings (SSSR count). The first-order valence-electron chi connectivity index (χ1n) is 9.93. The van der Waals surface area contributed by atoms with E-state index in [1.165, 1.54) is 12.1 Å². The third kappa shape index (κ3) is 5.10. The molecule has 1 amide bonds. The number of rotatable bonds is 4. The molecule has 1 aliphatic heterocycles. The number of carbonyl (C=O) groups is 1. The fourth-order valence-electron chi connectivity index (χ4n) is 3.16. The Morgan fingerprint density at radius 1 is 1.20 bits per heavy atom. The average molecular weight is 410 g/mol. The zero-order chi connectivity index (χ0) is 21.9. The molecule has 6 nitrogen and oxygen atoms in total. The van der Waals surface area contributed by atoms with Crippen LogP contribution in [0.3, 0.4) is 0 Å². The number of anilines is 1. The summed E-state index contributed by atoms with van der Waals surface area (Å²) in [6, 6.07) is 9.52. The third-order valence-electron chi connectivity index (χ3n) is 4.92. The number of carbonyl (C=O) groups excluding carboxylic acids is 1. The van der Waals surface area contributed by atoms with Crippen molar-refractivity contribution >= 4 is 23.0 Å². The smallest absolute Gasteiger partial charge is 0.230 e. The number of nitrogens with zero attached hydrogens (tertiary/aromatic N) is 2. The SMILES string of the molecule is CN1CCN/C(=C(\C(=N)c2ccc(F)cc2)c2ccnc(NC(=O)C(C)(C)C)c2)C1. The molecule has 0 radical (unpaired) electrons. The molecule has 0 atom stereocenters. The molecule has 1 aliphatic rings. The first-order chi connectivity index (χ1) is 14.1. The van der Waals surface area contributed by atoms with E-state index >= 15 is 0 Å². The number of halogens is 1. The van der Waals surface area contributed by atoms with Crippen molar-refractivity contribution < 1.29 is 9.18 Å². The third-order valence-corrected chi connectivity index (χ3v) is 4.92. The molecule has 0 saturated carbocycles. The number of benzene rings is 1. The van der Waals surface area contributed by atoms with Gasteiger partial charge in [0.25, 0.3) is 0 Å². The van der Waals surface area contributed by atoms with Crippen molar-refractivity contribution in [1.29, 1.82) is 5.41 Å². The van der Waals surface area contributed by atoms with Gasteiger partial charge in [0.05, 0.1) is 5.71 Å². The van der Waals surface area contributed by atoms with Gasteiger partial charge in [-0.15, -0.1) is 0 Å². The molecule has 158 valence electrons. The number of hydrogen-bond donors (Lipinski definition) is 3. The highest BCUT2D eigenvalue weighted by Gasteiger charge is 2.23. The van der Waals surface area contributed by atoms with Gasteiger partial charge in [0.2, 0.25) is 5.91 Å². The van der Waals surface area contributed by atoms with Crippen LogP contribution in [-0.2, 0) is 4.79 Å². The average Bonchev–Trinajstić information content (AvgIpc) is 2.68. The largest absolute Gasteiger partial charge is 0.385 e. The van der Waals surface area contributed by atoms with Crippen molar-refractivity contribution in [2.75, 3.05) is 32.0 Å². The molecular weight excluding hydrogens is 381 g/mol. The van der Waals surface area contributed by atoms with Crippen LogP contribution >= 0.6 is 0 Å². The van der Waals surface area contributed by atoms with E-state index in [0.717, 1.165) is 24.4 Å². The van der Waals surface area contributed by atoms with Crippen LogP contribution in [0.5, 0.6) is 0 Å². The molecule has 1 aromatic heterocycles. The van der Waals surface area contributed by atoms with Gasteiger partial charge in [-0.3, -0.25) is 15.1 Å². The Labute approximate surface area is 176 Å². The first-order valence-corrected chi connectivity index (χ1v) is 9.93. The molecule has 7 heteroatoms. The number of aromatic nitrogens is 1. The van der Waals surface area contributed by atoms with Crippen LogP contribution in [0.25, 0.3) is 5.57 Å². The van der Waals surface area contributed by atoms with Gasteiger partial charge < -0.3 is 10.6 Å². The van der Waals surface area contributed by atoms with Crippen LogP contribution < -0.4 is 10.6 Å². The second-order valence-corrected chi connectivity index (χ2v) is 8.53. The minimum Gasteiger partial charge on any atom is -0.385 e. The molecule has 0 aliphatic carbocycles. The second-order valence-electron chi connectivity index (χ2n) is 8.53. The predicted octanol–water partition coefficient (Wildman–Crippen LogP) is 3.52. The number of hydrogen-bond acceptors (Lipinski definition) is 5. The maximum atomic E-state index is 13.4. The molecule has 0 unspecified atom stereocenters. The summed E-state index contributed by atoms with van der Waals surface area (Å²) in [6.07, 6.45) is 1.62. The zero-order valence-electron chi connectivity index (χ0n) is 17.8. The Morgan fingerprint density at radius 3 is 2.53 bits per heavy atom. The van der Waals surface area contributed by atoms with E-state index in [4.69, 9.17) is 5.41 Å². The Balaban J connectivity index is 2.04. The fraction of sp³-hybridized carbons (Fsp3) is 0.348. The summed E-state index contributed by atoms with van der Waals surface area (Å²) in [5.41, 5.74) is 2.74. The zero-order valence-corrected chi connectivity index (χ0v) is 17.8. The predicted molar refractivity (Wildman–Crippen MR) is 118 cm³/mol. The van der Waals surface area contributed by atoms with E-state index in [0.29, 0.717) is 23.5 Å². The number of pyridine rings is 1. The molecule has 30 heavy (non-hydrogen) atoms. The van der Waals surface area contributed by atoms with Crippen molar-refractivity contribution in [2.24, 2.45) is 5.41 Å². The highest BCUT2D eigenvalue weighted by molar-refractivity contribution is 6.31. The molecule has 0 bridgehead atoms. The molecule has 0 spiro atoms. The summed E-state index contributed by atoms with van der Waals surface area (Å²) in [6.45, 7) is 7.85. The van der Waals surface area contributed by atoms with Crippen molar-refractivity contribution in [1.82, 2.24) is 15.2 Å². The number of amides is 1. The highest BCUT2D eigenvalue weighted by atomic mass is 19.1. The summed E-state index contributed by atoms with van der Waals surface area (Å²) in [5, 5.41) is 15.1. The molecule has 1 fully saturated rings. The van der Waals surface area contributed by atoms with Crippen LogP contribution in [0.1, 0.15) is 31.9 Å². The van der Waals surface area contributed by atoms with Gasteiger partial charge in [-0.1, -0.05) is 20.8 Å². The van der Waals surface area contributed by atoms with E-state index in [1.54, 1.807) is 24.4 Å². The lowest BCUT2D eigenvalue weighted by Crippen LogP contribution is -2.40. The summed E-state index contributed by atoms with van der Waals surface area (Å²) in [5.74, 6) is -0.0422. The Kier molecular flexibility index (Phi) is 6.31. The van der Waals surface area contributed by atoms with E-state index in [1.807, 2.05) is 33.9 Å². The van der Waals surface area contributed by atoms with Gasteiger partial charge in [-0.2, -0.15) is 0 Å². The summed E-state index contributed by atoms with van der Waals surface area (Å²) in [7, 11) is 2.03. The summed E-state index contributed by atoms with van der Waals surface area (Å²) < 4.78 is 13.4. The number of allylic oxidation sites excluding steroid dienone is 1. The summed E-state index contributed by atoms with van der Waals surface area (Å²) in [4.78, 5) is 18.8. The minimum atomic E-state index is -0.548. The van der Waals surface area contributed by atoms with Crippen LogP contribution in [0.15, 0.2) is 48.3 Å². The van der Waals surface area contributed by atoms with Crippen molar-refractivity contribution in [3.8, 4) is 0 Å². The Bertz CT molecular complexity index is 976. The molecule has 3 N–H and O–H groups in total. The maximum absolute atomic E-state index is 13.4. The van der Waals surface area contributed by atoms with Crippen LogP contribution in [0, 0.1) is 16.6 Å². The lowest BCUT2D eigenvalue weighted by molar-refractivity contribution is -0.123. The van der Waals surface area contributed by atoms with Crippen LogP contribution in [0.2, 0.25) is 0 Å². The van der Waals surface area contributed by atoms with Gasteiger partial charge in [0.15, 0.2) is 0 Å². The first kappa shape index (κ1) is 21.6. The highest BCUT2D eigenvalue weighted by Crippen LogP contribution is 2.26. The van der Waals surface area contributed by atoms with Gasteiger partial charge in [0.1, 0.15) is 11.6 Å². The van der Waals surface area contributed by atoms with Crippen LogP contribution in [0.4, 0.5) is 10.2 Å². The van der Waals surface area contributed by atoms with Gasteiger partial charge >= 0.3 is 0 Å². The molecule has 1 aromatic carbocycles. The van der Waals surface area contributed by atoms with E-state index in [9.17, 15) is 9.18 Å². The topological polar surface area (TPSA) is 81.1 Å². The number of nitrogens with one attached hydrogen (secondary N) is 3. The van der Waals surface area contributed by atoms with Gasteiger partial charge in [0, 0.05) is 48.1 Å². The molecule has 2 heterocycles. The molecule has 1 saturated heterocycles. The standard InChI is InChI=1S/C23H28FN5O/c1-23(2,3)22(30)28-19-13-16(9-10-27-19)20(18-14-29(4)12-11-26-18)21(25)15-5-7-17(24)8-6-15/h5-10,13,25-26H,11-12,14H2,1-4H3,(H,27,28,30)/b20-18-,25-21?.